The van der Waals surface area contributed by atoms with Crippen LogP contribution in [0, 0.1) is 0 Å². The fraction of sp³-hybridized carbons (Fsp3) is 0.250. The van der Waals surface area contributed by atoms with E-state index in [1.165, 1.54) is 19.2 Å². The summed E-state index contributed by atoms with van der Waals surface area (Å²) in [4.78, 5) is 0. The molecular formula is C8H9ClO4S. The van der Waals surface area contributed by atoms with E-state index < -0.39 is 10.1 Å². The highest BCUT2D eigenvalue weighted by molar-refractivity contribution is 7.86. The van der Waals surface area contributed by atoms with Gasteiger partial charge in [0.15, 0.2) is 0 Å². The van der Waals surface area contributed by atoms with E-state index in [2.05, 4.69) is 4.18 Å². The summed E-state index contributed by atoms with van der Waals surface area (Å²) in [5.41, 5.74) is 0. The lowest BCUT2D eigenvalue weighted by Gasteiger charge is -2.05. The van der Waals surface area contributed by atoms with Crippen molar-refractivity contribution in [2.75, 3.05) is 13.4 Å². The van der Waals surface area contributed by atoms with E-state index in [1.54, 1.807) is 6.07 Å². The molecule has 0 heterocycles. The Balaban J connectivity index is 3.04. The van der Waals surface area contributed by atoms with E-state index in [0.29, 0.717) is 10.8 Å². The molecule has 0 atom stereocenters. The van der Waals surface area contributed by atoms with Crippen molar-refractivity contribution in [3.05, 3.63) is 23.2 Å². The molecular weight excluding hydrogens is 228 g/mol. The molecule has 0 aromatic heterocycles. The fourth-order valence-corrected chi connectivity index (χ4v) is 1.54. The normalized spacial score (nSPS) is 11.1. The molecule has 0 aliphatic rings. The molecule has 78 valence electrons. The zero-order chi connectivity index (χ0) is 10.8. The van der Waals surface area contributed by atoms with Crippen molar-refractivity contribution >= 4 is 21.7 Å². The highest BCUT2D eigenvalue weighted by Gasteiger charge is 2.06. The highest BCUT2D eigenvalue weighted by atomic mass is 35.5. The van der Waals surface area contributed by atoms with Gasteiger partial charge >= 0.3 is 10.1 Å². The van der Waals surface area contributed by atoms with Crippen molar-refractivity contribution in [1.82, 2.24) is 0 Å². The molecule has 0 spiro atoms. The van der Waals surface area contributed by atoms with Crippen LogP contribution in [-0.2, 0) is 10.1 Å². The molecule has 0 bridgehead atoms. The van der Waals surface area contributed by atoms with E-state index in [1.807, 2.05) is 0 Å². The molecule has 1 aromatic rings. The Kier molecular flexibility index (Phi) is 3.23. The zero-order valence-corrected chi connectivity index (χ0v) is 9.22. The van der Waals surface area contributed by atoms with Crippen LogP contribution in [0.25, 0.3) is 0 Å². The Morgan fingerprint density at radius 1 is 1.21 bits per heavy atom. The van der Waals surface area contributed by atoms with Crippen LogP contribution in [0.2, 0.25) is 5.02 Å². The first-order valence-electron chi connectivity index (χ1n) is 3.65. The third-order valence-electron chi connectivity index (χ3n) is 1.33. The van der Waals surface area contributed by atoms with Crippen molar-refractivity contribution in [1.29, 1.82) is 0 Å². The van der Waals surface area contributed by atoms with Crippen LogP contribution in [0.3, 0.4) is 0 Å². The van der Waals surface area contributed by atoms with Gasteiger partial charge in [-0.1, -0.05) is 11.6 Å². The summed E-state index contributed by atoms with van der Waals surface area (Å²) in [7, 11) is -2.08. The minimum atomic E-state index is -3.53. The Hall–Kier alpha value is -0.940. The first-order chi connectivity index (χ1) is 6.40. The first-order valence-corrected chi connectivity index (χ1v) is 5.84. The van der Waals surface area contributed by atoms with Crippen LogP contribution < -0.4 is 8.92 Å². The molecule has 14 heavy (non-hydrogen) atoms. The smallest absolute Gasteiger partial charge is 0.306 e. The van der Waals surface area contributed by atoms with Gasteiger partial charge in [0.05, 0.1) is 13.4 Å². The third-order valence-corrected chi connectivity index (χ3v) is 2.04. The van der Waals surface area contributed by atoms with E-state index in [-0.39, 0.29) is 5.75 Å². The summed E-state index contributed by atoms with van der Waals surface area (Å²) >= 11 is 5.70. The minimum Gasteiger partial charge on any atom is -0.497 e. The monoisotopic (exact) mass is 236 g/mol. The van der Waals surface area contributed by atoms with E-state index in [0.717, 1.165) is 6.26 Å². The topological polar surface area (TPSA) is 52.6 Å². The number of ether oxygens (including phenoxy) is 1. The van der Waals surface area contributed by atoms with Crippen molar-refractivity contribution in [2.24, 2.45) is 0 Å². The largest absolute Gasteiger partial charge is 0.497 e. The SMILES string of the molecule is COc1cc(Cl)cc(OS(C)(=O)=O)c1. The Morgan fingerprint density at radius 2 is 1.79 bits per heavy atom. The van der Waals surface area contributed by atoms with E-state index in [9.17, 15) is 8.42 Å². The molecule has 0 unspecified atom stereocenters. The Bertz CT molecular complexity index is 427. The number of halogens is 1. The van der Waals surface area contributed by atoms with Crippen LogP contribution in [0.15, 0.2) is 18.2 Å². The van der Waals surface area contributed by atoms with Gasteiger partial charge in [-0.05, 0) is 6.07 Å². The predicted octanol–water partition coefficient (Wildman–Crippen LogP) is 1.69. The fourth-order valence-electron chi connectivity index (χ4n) is 0.878. The molecule has 0 aliphatic carbocycles. The molecule has 0 saturated carbocycles. The summed E-state index contributed by atoms with van der Waals surface area (Å²) < 4.78 is 31.1. The zero-order valence-electron chi connectivity index (χ0n) is 7.65. The summed E-state index contributed by atoms with van der Waals surface area (Å²) in [6, 6.07) is 4.38. The first kappa shape index (κ1) is 11.1. The van der Waals surface area contributed by atoms with Gasteiger partial charge in [0.1, 0.15) is 11.5 Å². The second-order valence-electron chi connectivity index (χ2n) is 2.61. The number of methoxy groups -OCH3 is 1. The summed E-state index contributed by atoms with van der Waals surface area (Å²) in [5.74, 6) is 0.577. The number of hydrogen-bond acceptors (Lipinski definition) is 4. The van der Waals surface area contributed by atoms with Gasteiger partial charge in [0, 0.05) is 17.2 Å². The second-order valence-corrected chi connectivity index (χ2v) is 4.63. The summed E-state index contributed by atoms with van der Waals surface area (Å²) in [5, 5.41) is 0.350. The Labute approximate surface area is 87.5 Å². The molecule has 0 saturated heterocycles. The van der Waals surface area contributed by atoms with Crippen LogP contribution in [0.1, 0.15) is 0 Å². The molecule has 0 amide bonds. The van der Waals surface area contributed by atoms with Gasteiger partial charge < -0.3 is 8.92 Å². The van der Waals surface area contributed by atoms with Gasteiger partial charge in [0.25, 0.3) is 0 Å². The standard InChI is InChI=1S/C8H9ClO4S/c1-12-7-3-6(9)4-8(5-7)13-14(2,10)11/h3-5H,1-2H3. The second kappa shape index (κ2) is 4.06. The molecule has 1 aromatic carbocycles. The third kappa shape index (κ3) is 3.43. The van der Waals surface area contributed by atoms with Gasteiger partial charge in [0.2, 0.25) is 0 Å². The van der Waals surface area contributed by atoms with Crippen molar-refractivity contribution in [3.63, 3.8) is 0 Å². The maximum atomic E-state index is 10.8. The quantitative estimate of drug-likeness (QED) is 0.750. The summed E-state index contributed by atoms with van der Waals surface area (Å²) in [6.07, 6.45) is 0.959. The van der Waals surface area contributed by atoms with Crippen molar-refractivity contribution < 1.29 is 17.3 Å². The molecule has 4 nitrogen and oxygen atoms in total. The maximum Gasteiger partial charge on any atom is 0.306 e. The maximum absolute atomic E-state index is 10.8. The molecule has 1 rings (SSSR count). The minimum absolute atomic E-state index is 0.136. The van der Waals surface area contributed by atoms with E-state index >= 15 is 0 Å². The molecule has 0 radical (unpaired) electrons. The van der Waals surface area contributed by atoms with Crippen molar-refractivity contribution in [2.45, 2.75) is 0 Å². The lowest BCUT2D eigenvalue weighted by Crippen LogP contribution is -2.05. The van der Waals surface area contributed by atoms with Gasteiger partial charge in [-0.15, -0.1) is 0 Å². The van der Waals surface area contributed by atoms with Crippen molar-refractivity contribution in [3.8, 4) is 11.5 Å². The van der Waals surface area contributed by atoms with Gasteiger partial charge in [-0.2, -0.15) is 8.42 Å². The summed E-state index contributed by atoms with van der Waals surface area (Å²) in [6.45, 7) is 0. The lowest BCUT2D eigenvalue weighted by atomic mass is 10.3. The molecule has 0 aliphatic heterocycles. The van der Waals surface area contributed by atoms with Gasteiger partial charge in [-0.3, -0.25) is 0 Å². The number of benzene rings is 1. The predicted molar refractivity (Wildman–Crippen MR) is 53.5 cm³/mol. The number of rotatable bonds is 3. The van der Waals surface area contributed by atoms with Crippen LogP contribution in [0.5, 0.6) is 11.5 Å². The van der Waals surface area contributed by atoms with Crippen LogP contribution in [-0.4, -0.2) is 21.8 Å². The van der Waals surface area contributed by atoms with Crippen LogP contribution in [0.4, 0.5) is 0 Å². The average Bonchev–Trinajstić information content (AvgIpc) is 1.99. The highest BCUT2D eigenvalue weighted by Crippen LogP contribution is 2.26. The molecule has 6 heteroatoms. The molecule has 0 fully saturated rings. The number of hydrogen-bond donors (Lipinski definition) is 0. The molecule has 0 N–H and O–H groups in total. The lowest BCUT2D eigenvalue weighted by molar-refractivity contribution is 0.412. The average molecular weight is 237 g/mol. The Morgan fingerprint density at radius 3 is 2.29 bits per heavy atom. The van der Waals surface area contributed by atoms with E-state index in [4.69, 9.17) is 16.3 Å². The van der Waals surface area contributed by atoms with Crippen LogP contribution >= 0.6 is 11.6 Å². The van der Waals surface area contributed by atoms with Gasteiger partial charge in [-0.25, -0.2) is 0 Å².